The molecule has 0 amide bonds. The molecule has 64 valence electrons. The van der Waals surface area contributed by atoms with Crippen LogP contribution in [0.4, 0.5) is 0 Å². The van der Waals surface area contributed by atoms with Crippen molar-refractivity contribution in [2.45, 2.75) is 48.7 Å². The van der Waals surface area contributed by atoms with Crippen LogP contribution >= 0.6 is 0 Å². The third kappa shape index (κ3) is 1.71. The summed E-state index contributed by atoms with van der Waals surface area (Å²) in [7, 11) is 0. The Morgan fingerprint density at radius 3 is 1.55 bits per heavy atom. The minimum atomic E-state index is -1.28. The van der Waals surface area contributed by atoms with Gasteiger partial charge in [-0.1, -0.05) is 0 Å². The molecule has 0 radical (unpaired) electrons. The van der Waals surface area contributed by atoms with Gasteiger partial charge < -0.3 is 0 Å². The summed E-state index contributed by atoms with van der Waals surface area (Å²) in [5.41, 5.74) is 3.46. The quantitative estimate of drug-likeness (QED) is 0.482. The van der Waals surface area contributed by atoms with Crippen molar-refractivity contribution < 1.29 is 0 Å². The molecule has 0 bridgehead atoms. The summed E-state index contributed by atoms with van der Waals surface area (Å²) >= 11 is -1.28. The zero-order chi connectivity index (χ0) is 8.48. The van der Waals surface area contributed by atoms with E-state index in [-0.39, 0.29) is 0 Å². The van der Waals surface area contributed by atoms with Crippen LogP contribution in [-0.2, 0) is 0 Å². The van der Waals surface area contributed by atoms with Crippen molar-refractivity contribution in [3.05, 3.63) is 11.1 Å². The SMILES string of the molecule is C[CH2][Ge]1([CH2]C)[CH2]C(C)=C(C)[CH2]1. The monoisotopic (exact) mass is 214 g/mol. The summed E-state index contributed by atoms with van der Waals surface area (Å²) in [6.07, 6.45) is 0. The van der Waals surface area contributed by atoms with E-state index in [2.05, 4.69) is 27.7 Å². The molecule has 1 aliphatic rings. The van der Waals surface area contributed by atoms with E-state index >= 15 is 0 Å². The van der Waals surface area contributed by atoms with Gasteiger partial charge in [-0.2, -0.15) is 0 Å². The maximum absolute atomic E-state index is 2.41. The van der Waals surface area contributed by atoms with Crippen LogP contribution in [0.15, 0.2) is 11.1 Å². The number of allylic oxidation sites excluding steroid dienone is 2. The molecule has 0 aliphatic carbocycles. The molecule has 0 unspecified atom stereocenters. The van der Waals surface area contributed by atoms with Gasteiger partial charge in [0.1, 0.15) is 0 Å². The molecule has 0 saturated heterocycles. The normalized spacial score (nSPS) is 22.9. The molecule has 0 saturated carbocycles. The first-order chi connectivity index (χ1) is 5.13. The standard InChI is InChI=1S/C10H20Ge/c1-5-11(6-2)7-9(3)10(4)8-11/h5-8H2,1-4H3. The minimum absolute atomic E-state index is 1.28. The second-order valence-corrected chi connectivity index (χ2v) is 14.9. The van der Waals surface area contributed by atoms with Crippen LogP contribution < -0.4 is 0 Å². The van der Waals surface area contributed by atoms with Gasteiger partial charge >= 0.3 is 73.1 Å². The van der Waals surface area contributed by atoms with Crippen LogP contribution in [0.3, 0.4) is 0 Å². The van der Waals surface area contributed by atoms with Crippen molar-refractivity contribution in [1.82, 2.24) is 0 Å². The Labute approximate surface area is 73.4 Å². The fourth-order valence-corrected chi connectivity index (χ4v) is 11.6. The van der Waals surface area contributed by atoms with Gasteiger partial charge in [0.15, 0.2) is 0 Å². The third-order valence-electron chi connectivity index (χ3n) is 3.51. The van der Waals surface area contributed by atoms with E-state index < -0.39 is 13.3 Å². The molecule has 0 spiro atoms. The number of hydrogen-bond acceptors (Lipinski definition) is 0. The van der Waals surface area contributed by atoms with E-state index in [4.69, 9.17) is 0 Å². The van der Waals surface area contributed by atoms with Gasteiger partial charge in [-0.05, 0) is 0 Å². The first-order valence-electron chi connectivity index (χ1n) is 4.79. The van der Waals surface area contributed by atoms with E-state index in [0.717, 1.165) is 0 Å². The molecule has 0 N–H and O–H groups in total. The van der Waals surface area contributed by atoms with Crippen molar-refractivity contribution in [3.8, 4) is 0 Å². The number of rotatable bonds is 2. The fraction of sp³-hybridized carbons (Fsp3) is 0.800. The summed E-state index contributed by atoms with van der Waals surface area (Å²) in [6, 6.07) is 0. The molecule has 1 rings (SSSR count). The Bertz CT molecular complexity index is 159. The van der Waals surface area contributed by atoms with Crippen LogP contribution in [0.1, 0.15) is 27.7 Å². The van der Waals surface area contributed by atoms with Gasteiger partial charge in [0.05, 0.1) is 0 Å². The van der Waals surface area contributed by atoms with Crippen LogP contribution in [0.5, 0.6) is 0 Å². The first kappa shape index (κ1) is 9.37. The molecule has 0 atom stereocenters. The first-order valence-corrected chi connectivity index (χ1v) is 10.7. The van der Waals surface area contributed by atoms with Crippen molar-refractivity contribution in [3.63, 3.8) is 0 Å². The molecule has 0 aromatic heterocycles. The summed E-state index contributed by atoms with van der Waals surface area (Å²) in [5.74, 6) is 0. The van der Waals surface area contributed by atoms with Gasteiger partial charge in [-0.15, -0.1) is 0 Å². The van der Waals surface area contributed by atoms with Crippen molar-refractivity contribution in [1.29, 1.82) is 0 Å². The van der Waals surface area contributed by atoms with Crippen LogP contribution in [-0.4, -0.2) is 13.3 Å². The van der Waals surface area contributed by atoms with Crippen molar-refractivity contribution in [2.24, 2.45) is 0 Å². The molecule has 1 heterocycles. The van der Waals surface area contributed by atoms with Gasteiger partial charge in [0.2, 0.25) is 0 Å². The van der Waals surface area contributed by atoms with Gasteiger partial charge in [-0.3, -0.25) is 0 Å². The van der Waals surface area contributed by atoms with Crippen molar-refractivity contribution >= 4 is 13.3 Å². The topological polar surface area (TPSA) is 0 Å². The van der Waals surface area contributed by atoms with E-state index in [1.165, 1.54) is 10.5 Å². The molecule has 0 aromatic rings. The average Bonchev–Trinajstić information content (AvgIpc) is 2.29. The second-order valence-electron chi connectivity index (χ2n) is 4.12. The van der Waals surface area contributed by atoms with Gasteiger partial charge in [0, 0.05) is 0 Å². The Morgan fingerprint density at radius 1 is 1.00 bits per heavy atom. The Morgan fingerprint density at radius 2 is 1.36 bits per heavy atom. The van der Waals surface area contributed by atoms with Crippen LogP contribution in [0.2, 0.25) is 21.0 Å². The zero-order valence-electron chi connectivity index (χ0n) is 8.33. The fourth-order valence-electron chi connectivity index (χ4n) is 2.24. The molecule has 0 fully saturated rings. The van der Waals surface area contributed by atoms with E-state index in [0.29, 0.717) is 0 Å². The summed E-state index contributed by atoms with van der Waals surface area (Å²) < 4.78 is 0. The Kier molecular flexibility index (Phi) is 2.85. The third-order valence-corrected chi connectivity index (χ3v) is 15.2. The molecule has 0 nitrogen and oxygen atoms in total. The van der Waals surface area contributed by atoms with E-state index in [1.54, 1.807) is 21.7 Å². The predicted octanol–water partition coefficient (Wildman–Crippen LogP) is 3.83. The van der Waals surface area contributed by atoms with E-state index in [1.807, 2.05) is 0 Å². The summed E-state index contributed by atoms with van der Waals surface area (Å²) in [5, 5.41) is 6.15. The van der Waals surface area contributed by atoms with Crippen LogP contribution in [0.25, 0.3) is 0 Å². The molecule has 11 heavy (non-hydrogen) atoms. The average molecular weight is 213 g/mol. The summed E-state index contributed by atoms with van der Waals surface area (Å²) in [6.45, 7) is 9.51. The molecule has 1 heteroatoms. The predicted molar refractivity (Wildman–Crippen MR) is 54.7 cm³/mol. The van der Waals surface area contributed by atoms with E-state index in [9.17, 15) is 0 Å². The summed E-state index contributed by atoms with van der Waals surface area (Å²) in [4.78, 5) is 0. The Balaban J connectivity index is 2.69. The van der Waals surface area contributed by atoms with Gasteiger partial charge in [0.25, 0.3) is 0 Å². The number of hydrogen-bond donors (Lipinski definition) is 0. The molecular formula is C10H20Ge. The van der Waals surface area contributed by atoms with Crippen molar-refractivity contribution in [2.75, 3.05) is 0 Å². The van der Waals surface area contributed by atoms with Gasteiger partial charge in [-0.25, -0.2) is 0 Å². The second kappa shape index (κ2) is 3.34. The molecule has 0 aromatic carbocycles. The maximum atomic E-state index is 2.41. The molecular weight excluding hydrogens is 193 g/mol. The Hall–Kier alpha value is 0.283. The van der Waals surface area contributed by atoms with Crippen LogP contribution in [0, 0.1) is 0 Å². The zero-order valence-corrected chi connectivity index (χ0v) is 10.4. The molecule has 1 aliphatic heterocycles.